The first-order chi connectivity index (χ1) is 9.95. The van der Waals surface area contributed by atoms with Gasteiger partial charge in [0.2, 0.25) is 0 Å². The summed E-state index contributed by atoms with van der Waals surface area (Å²) in [6.07, 6.45) is 0. The molecule has 0 saturated carbocycles. The predicted octanol–water partition coefficient (Wildman–Crippen LogP) is 5.19. The number of amides is 1. The van der Waals surface area contributed by atoms with Gasteiger partial charge in [-0.3, -0.25) is 4.79 Å². The van der Waals surface area contributed by atoms with E-state index in [9.17, 15) is 4.79 Å². The Morgan fingerprint density at radius 2 is 1.90 bits per heavy atom. The summed E-state index contributed by atoms with van der Waals surface area (Å²) in [4.78, 5) is 11.9. The lowest BCUT2D eigenvalue weighted by Crippen LogP contribution is -2.20. The highest BCUT2D eigenvalue weighted by atomic mass is 79.9. The molecule has 110 valence electrons. The number of aryl methyl sites for hydroxylation is 1. The fourth-order valence-electron chi connectivity index (χ4n) is 1.74. The molecular weight excluding hydrogens is 421 g/mol. The van der Waals surface area contributed by atoms with Gasteiger partial charge in [0.05, 0.1) is 4.47 Å². The topological polar surface area (TPSA) is 38.3 Å². The molecule has 0 aliphatic rings. The number of rotatable bonds is 4. The molecule has 0 heterocycles. The lowest BCUT2D eigenvalue weighted by Gasteiger charge is -2.12. The smallest absolute Gasteiger partial charge is 0.262 e. The number of anilines is 1. The highest BCUT2D eigenvalue weighted by molar-refractivity contribution is 9.11. The van der Waals surface area contributed by atoms with Crippen LogP contribution in [-0.2, 0) is 4.79 Å². The minimum atomic E-state index is -0.230. The molecule has 0 aliphatic heterocycles. The minimum Gasteiger partial charge on any atom is -0.482 e. The van der Waals surface area contributed by atoms with Gasteiger partial charge in [-0.25, -0.2) is 0 Å². The van der Waals surface area contributed by atoms with Gasteiger partial charge < -0.3 is 10.1 Å². The molecule has 0 aliphatic carbocycles. The largest absolute Gasteiger partial charge is 0.482 e. The molecule has 1 N–H and O–H groups in total. The second-order valence-electron chi connectivity index (χ2n) is 4.38. The number of hydrogen-bond acceptors (Lipinski definition) is 2. The van der Waals surface area contributed by atoms with Crippen molar-refractivity contribution in [2.24, 2.45) is 0 Å². The molecule has 0 radical (unpaired) electrons. The van der Waals surface area contributed by atoms with Crippen LogP contribution >= 0.6 is 43.5 Å². The van der Waals surface area contributed by atoms with Crippen LogP contribution in [-0.4, -0.2) is 12.5 Å². The molecular formula is C15H12Br2ClNO2. The minimum absolute atomic E-state index is 0.0658. The molecule has 2 aromatic rings. The van der Waals surface area contributed by atoms with Gasteiger partial charge in [-0.05, 0) is 64.8 Å². The molecule has 0 atom stereocenters. The van der Waals surface area contributed by atoms with Crippen LogP contribution in [0.4, 0.5) is 5.69 Å². The van der Waals surface area contributed by atoms with E-state index in [-0.39, 0.29) is 12.5 Å². The van der Waals surface area contributed by atoms with E-state index < -0.39 is 0 Å². The molecule has 0 fully saturated rings. The Balaban J connectivity index is 1.97. The van der Waals surface area contributed by atoms with Crippen LogP contribution in [0.2, 0.25) is 5.02 Å². The molecule has 0 saturated heterocycles. The third-order valence-electron chi connectivity index (χ3n) is 2.67. The first-order valence-electron chi connectivity index (χ1n) is 6.09. The van der Waals surface area contributed by atoms with Gasteiger partial charge in [0, 0.05) is 15.2 Å². The van der Waals surface area contributed by atoms with Crippen LogP contribution in [0.25, 0.3) is 0 Å². The van der Waals surface area contributed by atoms with Crippen molar-refractivity contribution in [3.8, 4) is 5.75 Å². The number of halogens is 3. The zero-order valence-electron chi connectivity index (χ0n) is 11.1. The maximum atomic E-state index is 11.9. The molecule has 3 nitrogen and oxygen atoms in total. The van der Waals surface area contributed by atoms with E-state index in [0.717, 1.165) is 14.5 Å². The Kier molecular flexibility index (Phi) is 5.67. The van der Waals surface area contributed by atoms with Gasteiger partial charge >= 0.3 is 0 Å². The van der Waals surface area contributed by atoms with Gasteiger partial charge in [0.15, 0.2) is 6.61 Å². The van der Waals surface area contributed by atoms with Crippen LogP contribution in [0.1, 0.15) is 5.56 Å². The summed E-state index contributed by atoms with van der Waals surface area (Å²) in [7, 11) is 0. The summed E-state index contributed by atoms with van der Waals surface area (Å²) < 4.78 is 7.32. The second kappa shape index (κ2) is 7.29. The van der Waals surface area contributed by atoms with Gasteiger partial charge in [-0.1, -0.05) is 27.5 Å². The average molecular weight is 434 g/mol. The van der Waals surface area contributed by atoms with Crippen molar-refractivity contribution in [2.45, 2.75) is 6.92 Å². The Morgan fingerprint density at radius 1 is 1.24 bits per heavy atom. The number of nitrogens with one attached hydrogen (secondary N) is 1. The summed E-state index contributed by atoms with van der Waals surface area (Å²) in [6, 6.07) is 10.7. The van der Waals surface area contributed by atoms with Gasteiger partial charge in [-0.15, -0.1) is 0 Å². The SMILES string of the molecule is Cc1cc(Br)cc(Br)c1OCC(=O)Nc1ccc(Cl)cc1. The molecule has 0 unspecified atom stereocenters. The zero-order valence-corrected chi connectivity index (χ0v) is 15.0. The van der Waals surface area contributed by atoms with Gasteiger partial charge in [0.25, 0.3) is 5.91 Å². The van der Waals surface area contributed by atoms with Crippen molar-refractivity contribution in [1.82, 2.24) is 0 Å². The van der Waals surface area contributed by atoms with E-state index >= 15 is 0 Å². The lowest BCUT2D eigenvalue weighted by molar-refractivity contribution is -0.118. The highest BCUT2D eigenvalue weighted by Crippen LogP contribution is 2.32. The summed E-state index contributed by atoms with van der Waals surface area (Å²) in [5, 5.41) is 3.37. The second-order valence-corrected chi connectivity index (χ2v) is 6.58. The zero-order chi connectivity index (χ0) is 15.4. The molecule has 2 aromatic carbocycles. The van der Waals surface area contributed by atoms with E-state index in [1.165, 1.54) is 0 Å². The third-order valence-corrected chi connectivity index (χ3v) is 3.97. The van der Waals surface area contributed by atoms with Crippen molar-refractivity contribution < 1.29 is 9.53 Å². The van der Waals surface area contributed by atoms with Crippen molar-refractivity contribution >= 4 is 55.1 Å². The molecule has 0 aromatic heterocycles. The highest BCUT2D eigenvalue weighted by Gasteiger charge is 2.10. The molecule has 0 bridgehead atoms. The predicted molar refractivity (Wildman–Crippen MR) is 92.2 cm³/mol. The molecule has 21 heavy (non-hydrogen) atoms. The van der Waals surface area contributed by atoms with E-state index in [4.69, 9.17) is 16.3 Å². The standard InChI is InChI=1S/C15H12Br2ClNO2/c1-9-6-10(16)7-13(17)15(9)21-8-14(20)19-12-4-2-11(18)3-5-12/h2-7H,8H2,1H3,(H,19,20). The Hall–Kier alpha value is -1.04. The first kappa shape index (κ1) is 16.3. The number of hydrogen-bond donors (Lipinski definition) is 1. The van der Waals surface area contributed by atoms with Crippen LogP contribution in [0.3, 0.4) is 0 Å². The van der Waals surface area contributed by atoms with E-state index in [1.807, 2.05) is 19.1 Å². The van der Waals surface area contributed by atoms with Crippen LogP contribution in [0, 0.1) is 6.92 Å². The fraction of sp³-hybridized carbons (Fsp3) is 0.133. The normalized spacial score (nSPS) is 10.3. The monoisotopic (exact) mass is 431 g/mol. The van der Waals surface area contributed by atoms with Gasteiger partial charge in [0.1, 0.15) is 5.75 Å². The maximum Gasteiger partial charge on any atom is 0.262 e. The molecule has 2 rings (SSSR count). The van der Waals surface area contributed by atoms with Gasteiger partial charge in [-0.2, -0.15) is 0 Å². The van der Waals surface area contributed by atoms with Crippen LogP contribution in [0.15, 0.2) is 45.3 Å². The van der Waals surface area contributed by atoms with E-state index in [0.29, 0.717) is 16.5 Å². The van der Waals surface area contributed by atoms with Crippen molar-refractivity contribution in [3.63, 3.8) is 0 Å². The Bertz CT molecular complexity index is 636. The van der Waals surface area contributed by atoms with Crippen molar-refractivity contribution in [1.29, 1.82) is 0 Å². The number of carbonyl (C=O) groups is 1. The van der Waals surface area contributed by atoms with E-state index in [2.05, 4.69) is 37.2 Å². The molecule has 1 amide bonds. The lowest BCUT2D eigenvalue weighted by atomic mass is 10.2. The maximum absolute atomic E-state index is 11.9. The quantitative estimate of drug-likeness (QED) is 0.721. The van der Waals surface area contributed by atoms with Crippen molar-refractivity contribution in [3.05, 3.63) is 55.9 Å². The molecule has 6 heteroatoms. The van der Waals surface area contributed by atoms with Crippen molar-refractivity contribution in [2.75, 3.05) is 11.9 Å². The molecule has 0 spiro atoms. The summed E-state index contributed by atoms with van der Waals surface area (Å²) >= 11 is 12.6. The Labute approximate surface area is 144 Å². The average Bonchev–Trinajstić information content (AvgIpc) is 2.40. The summed E-state index contributed by atoms with van der Waals surface area (Å²) in [5.41, 5.74) is 1.62. The Morgan fingerprint density at radius 3 is 2.52 bits per heavy atom. The summed E-state index contributed by atoms with van der Waals surface area (Å²) in [5.74, 6) is 0.427. The van der Waals surface area contributed by atoms with E-state index in [1.54, 1.807) is 24.3 Å². The number of ether oxygens (including phenoxy) is 1. The number of carbonyl (C=O) groups excluding carboxylic acids is 1. The third kappa shape index (κ3) is 4.73. The van der Waals surface area contributed by atoms with Crippen LogP contribution in [0.5, 0.6) is 5.75 Å². The fourth-order valence-corrected chi connectivity index (χ4v) is 3.42. The first-order valence-corrected chi connectivity index (χ1v) is 8.06. The summed E-state index contributed by atoms with van der Waals surface area (Å²) in [6.45, 7) is 1.85. The number of benzene rings is 2. The van der Waals surface area contributed by atoms with Crippen LogP contribution < -0.4 is 10.1 Å².